The Morgan fingerprint density at radius 3 is 2.71 bits per heavy atom. The van der Waals surface area contributed by atoms with Crippen LogP contribution in [0.3, 0.4) is 0 Å². The normalized spacial score (nSPS) is 15.1. The fraction of sp³-hybridized carbons (Fsp3) is 0.143. The Labute approximate surface area is 210 Å². The zero-order chi connectivity index (χ0) is 24.4. The van der Waals surface area contributed by atoms with Crippen molar-refractivity contribution in [3.63, 3.8) is 0 Å². The van der Waals surface area contributed by atoms with E-state index in [1.54, 1.807) is 35.7 Å². The molecule has 1 unspecified atom stereocenters. The van der Waals surface area contributed by atoms with Gasteiger partial charge in [-0.15, -0.1) is 23.5 Å². The number of hydrogen-bond acceptors (Lipinski definition) is 4. The van der Waals surface area contributed by atoms with E-state index in [0.717, 1.165) is 23.4 Å². The zero-order valence-electron chi connectivity index (χ0n) is 18.6. The second-order valence-corrected chi connectivity index (χ2v) is 10.4. The molecule has 35 heavy (non-hydrogen) atoms. The second kappa shape index (κ2) is 10.2. The first-order valence-electron chi connectivity index (χ1n) is 11.1. The highest BCUT2D eigenvalue weighted by atomic mass is 32.2. The molecule has 0 radical (unpaired) electrons. The van der Waals surface area contributed by atoms with Gasteiger partial charge in [0.1, 0.15) is 0 Å². The van der Waals surface area contributed by atoms with Gasteiger partial charge in [0.25, 0.3) is 0 Å². The lowest BCUT2D eigenvalue weighted by Gasteiger charge is -2.20. The van der Waals surface area contributed by atoms with E-state index in [1.807, 2.05) is 30.4 Å². The Morgan fingerprint density at radius 2 is 1.86 bits per heavy atom. The van der Waals surface area contributed by atoms with Gasteiger partial charge in [-0.2, -0.15) is 0 Å². The van der Waals surface area contributed by atoms with Crippen LogP contribution < -0.4 is 0 Å². The third-order valence-electron chi connectivity index (χ3n) is 5.84. The van der Waals surface area contributed by atoms with Gasteiger partial charge in [0, 0.05) is 27.9 Å². The molecule has 0 fully saturated rings. The van der Waals surface area contributed by atoms with Crippen LogP contribution in [-0.2, 0) is 10.5 Å². The smallest absolute Gasteiger partial charge is 0.304 e. The summed E-state index contributed by atoms with van der Waals surface area (Å²) in [5.74, 6) is -1.21. The molecule has 0 spiro atoms. The summed E-state index contributed by atoms with van der Waals surface area (Å²) in [7, 11) is 0. The summed E-state index contributed by atoms with van der Waals surface area (Å²) in [5, 5.41) is 9.72. The predicted octanol–water partition coefficient (Wildman–Crippen LogP) is 7.59. The number of benzene rings is 3. The summed E-state index contributed by atoms with van der Waals surface area (Å²) < 4.78 is 27.1. The first kappa shape index (κ1) is 23.6. The van der Waals surface area contributed by atoms with E-state index in [9.17, 15) is 13.6 Å². The maximum atomic E-state index is 13.6. The first-order chi connectivity index (χ1) is 17.0. The molecule has 2 heterocycles. The highest BCUT2D eigenvalue weighted by Crippen LogP contribution is 2.46. The largest absolute Gasteiger partial charge is 0.481 e. The van der Waals surface area contributed by atoms with Gasteiger partial charge in [-0.1, -0.05) is 42.5 Å². The molecule has 4 aromatic rings. The average molecular weight is 506 g/mol. The van der Waals surface area contributed by atoms with Crippen molar-refractivity contribution in [2.45, 2.75) is 22.3 Å². The molecule has 3 aromatic carbocycles. The fourth-order valence-corrected chi connectivity index (χ4v) is 6.57. The van der Waals surface area contributed by atoms with Crippen LogP contribution in [0.15, 0.2) is 71.6 Å². The highest BCUT2D eigenvalue weighted by Gasteiger charge is 2.24. The number of carboxylic acids is 1. The van der Waals surface area contributed by atoms with Crippen molar-refractivity contribution in [3.05, 3.63) is 106 Å². The van der Waals surface area contributed by atoms with E-state index >= 15 is 0 Å². The summed E-state index contributed by atoms with van der Waals surface area (Å²) >= 11 is 3.45. The quantitative estimate of drug-likeness (QED) is 0.293. The number of hydrogen-bond donors (Lipinski definition) is 1. The second-order valence-electron chi connectivity index (χ2n) is 8.21. The number of halogens is 2. The molecule has 1 atom stereocenters. The van der Waals surface area contributed by atoms with Gasteiger partial charge in [-0.3, -0.25) is 4.79 Å². The lowest BCUT2D eigenvalue weighted by Crippen LogP contribution is -2.03. The minimum absolute atomic E-state index is 0.0422. The molecule has 1 aromatic heterocycles. The summed E-state index contributed by atoms with van der Waals surface area (Å²) in [6.07, 6.45) is 3.92. The Bertz CT molecular complexity index is 1450. The lowest BCUT2D eigenvalue weighted by atomic mass is 9.98. The Morgan fingerprint density at radius 1 is 1.03 bits per heavy atom. The van der Waals surface area contributed by atoms with Crippen molar-refractivity contribution < 1.29 is 18.7 Å². The SMILES string of the molecule is O=C(O)CCSC1c2ccccc2CSc2ccc(/C=C/c3ccc4cc(F)c(F)cc4n3)cc21. The summed E-state index contributed by atoms with van der Waals surface area (Å²) in [4.78, 5) is 16.7. The van der Waals surface area contributed by atoms with Crippen LogP contribution in [0.2, 0.25) is 0 Å². The van der Waals surface area contributed by atoms with Gasteiger partial charge in [0.05, 0.1) is 22.9 Å². The van der Waals surface area contributed by atoms with Gasteiger partial charge in [-0.05, 0) is 52.6 Å². The number of pyridine rings is 1. The summed E-state index contributed by atoms with van der Waals surface area (Å²) in [5.41, 5.74) is 5.69. The molecule has 0 aliphatic carbocycles. The van der Waals surface area contributed by atoms with E-state index in [-0.39, 0.29) is 11.7 Å². The third-order valence-corrected chi connectivity index (χ3v) is 8.26. The predicted molar refractivity (Wildman–Crippen MR) is 140 cm³/mol. The lowest BCUT2D eigenvalue weighted by molar-refractivity contribution is -0.136. The number of carbonyl (C=O) groups is 1. The average Bonchev–Trinajstić information content (AvgIpc) is 3.00. The summed E-state index contributed by atoms with van der Waals surface area (Å²) in [6.45, 7) is 0. The monoisotopic (exact) mass is 505 g/mol. The molecule has 3 nitrogen and oxygen atoms in total. The molecule has 5 rings (SSSR count). The number of aromatic nitrogens is 1. The first-order valence-corrected chi connectivity index (χ1v) is 13.1. The van der Waals surface area contributed by atoms with Crippen molar-refractivity contribution in [2.24, 2.45) is 0 Å². The Kier molecular flexibility index (Phi) is 6.88. The Balaban J connectivity index is 1.47. The van der Waals surface area contributed by atoms with E-state index in [2.05, 4.69) is 29.2 Å². The van der Waals surface area contributed by atoms with E-state index < -0.39 is 17.6 Å². The van der Waals surface area contributed by atoms with Crippen LogP contribution in [-0.4, -0.2) is 21.8 Å². The standard InChI is InChI=1S/C28H21F2NO2S2/c29-23-14-18-7-9-20(31-25(18)15-24(23)30)8-5-17-6-10-26-22(13-17)28(34-12-11-27(32)33)21-4-2-1-3-19(21)16-35-26/h1-10,13-15,28H,11-12,16H2,(H,32,33)/b8-5+. The topological polar surface area (TPSA) is 50.2 Å². The van der Waals surface area contributed by atoms with Gasteiger partial charge >= 0.3 is 5.97 Å². The van der Waals surface area contributed by atoms with Crippen LogP contribution in [0.1, 0.15) is 39.6 Å². The van der Waals surface area contributed by atoms with Gasteiger partial charge in [0.15, 0.2) is 11.6 Å². The van der Waals surface area contributed by atoms with E-state index in [1.165, 1.54) is 21.6 Å². The van der Waals surface area contributed by atoms with Crippen LogP contribution in [0.4, 0.5) is 8.78 Å². The molecule has 0 amide bonds. The van der Waals surface area contributed by atoms with Gasteiger partial charge in [0.2, 0.25) is 0 Å². The molecule has 0 saturated carbocycles. The van der Waals surface area contributed by atoms with Crippen LogP contribution in [0, 0.1) is 11.6 Å². The van der Waals surface area contributed by atoms with Crippen molar-refractivity contribution in [2.75, 3.05) is 5.75 Å². The van der Waals surface area contributed by atoms with Crippen molar-refractivity contribution in [1.82, 2.24) is 4.98 Å². The minimum atomic E-state index is -0.916. The molecule has 7 heteroatoms. The third kappa shape index (κ3) is 5.26. The fourth-order valence-electron chi connectivity index (χ4n) is 4.10. The van der Waals surface area contributed by atoms with Crippen molar-refractivity contribution >= 4 is 52.5 Å². The number of nitrogens with zero attached hydrogens (tertiary/aromatic N) is 1. The number of thioether (sulfide) groups is 2. The molecule has 0 saturated heterocycles. The van der Waals surface area contributed by atoms with Crippen LogP contribution in [0.25, 0.3) is 23.1 Å². The van der Waals surface area contributed by atoms with Crippen molar-refractivity contribution in [1.29, 1.82) is 0 Å². The van der Waals surface area contributed by atoms with Gasteiger partial charge < -0.3 is 5.11 Å². The van der Waals surface area contributed by atoms with Crippen LogP contribution >= 0.6 is 23.5 Å². The molecular weight excluding hydrogens is 484 g/mol. The van der Waals surface area contributed by atoms with Crippen LogP contribution in [0.5, 0.6) is 0 Å². The maximum Gasteiger partial charge on any atom is 0.304 e. The minimum Gasteiger partial charge on any atom is -0.481 e. The molecule has 1 aliphatic heterocycles. The van der Waals surface area contributed by atoms with E-state index in [0.29, 0.717) is 22.3 Å². The number of rotatable bonds is 6. The van der Waals surface area contributed by atoms with Crippen molar-refractivity contribution in [3.8, 4) is 0 Å². The Hall–Kier alpha value is -3.16. The highest BCUT2D eigenvalue weighted by molar-refractivity contribution is 8.00. The zero-order valence-corrected chi connectivity index (χ0v) is 20.2. The molecule has 176 valence electrons. The number of fused-ring (bicyclic) bond motifs is 3. The number of aliphatic carboxylic acids is 1. The molecule has 0 bridgehead atoms. The molecular formula is C28H21F2NO2S2. The maximum absolute atomic E-state index is 13.6. The number of carboxylic acid groups (broad SMARTS) is 1. The van der Waals surface area contributed by atoms with E-state index in [4.69, 9.17) is 5.11 Å². The van der Waals surface area contributed by atoms with Gasteiger partial charge in [-0.25, -0.2) is 13.8 Å². The summed E-state index contributed by atoms with van der Waals surface area (Å²) in [6, 6.07) is 20.4. The molecule has 1 aliphatic rings. The molecule has 1 N–H and O–H groups in total.